The van der Waals surface area contributed by atoms with Gasteiger partial charge < -0.3 is 29.0 Å². The molecule has 0 saturated heterocycles. The van der Waals surface area contributed by atoms with Crippen LogP contribution in [0, 0.1) is 17.6 Å². The third-order valence-corrected chi connectivity index (χ3v) is 10.8. The first-order valence-electron chi connectivity index (χ1n) is 21.0. The van der Waals surface area contributed by atoms with Crippen LogP contribution in [0.3, 0.4) is 0 Å². The van der Waals surface area contributed by atoms with Crippen molar-refractivity contribution >= 4 is 11.9 Å². The Morgan fingerprint density at radius 2 is 1.26 bits per heavy atom. The lowest BCUT2D eigenvalue weighted by molar-refractivity contribution is -0.151. The van der Waals surface area contributed by atoms with Crippen LogP contribution in [0.15, 0.2) is 115 Å². The van der Waals surface area contributed by atoms with Crippen molar-refractivity contribution in [2.45, 2.75) is 77.3 Å². The Bertz CT molecular complexity index is 2440. The number of rotatable bonds is 18. The van der Waals surface area contributed by atoms with E-state index in [4.69, 9.17) is 18.9 Å². The van der Waals surface area contributed by atoms with E-state index in [1.165, 1.54) is 0 Å². The highest BCUT2D eigenvalue weighted by Gasteiger charge is 2.44. The van der Waals surface area contributed by atoms with Crippen molar-refractivity contribution in [1.82, 2.24) is 24.6 Å². The fourth-order valence-corrected chi connectivity index (χ4v) is 7.66. The average Bonchev–Trinajstić information content (AvgIpc) is 3.76. The summed E-state index contributed by atoms with van der Waals surface area (Å²) in [6.07, 6.45) is -5.37. The van der Waals surface area contributed by atoms with Gasteiger partial charge in [-0.05, 0) is 67.0 Å². The summed E-state index contributed by atoms with van der Waals surface area (Å²) in [6, 6.07) is 28.6. The number of carbonyl (C=O) groups excluding carboxylic acids is 2. The third-order valence-electron chi connectivity index (χ3n) is 10.8. The lowest BCUT2D eigenvalue weighted by atomic mass is 9.86. The molecule has 6 aromatic rings. The van der Waals surface area contributed by atoms with Crippen LogP contribution < -0.4 is 14.2 Å². The summed E-state index contributed by atoms with van der Waals surface area (Å²) >= 11 is 0. The van der Waals surface area contributed by atoms with Crippen LogP contribution >= 0.6 is 0 Å². The summed E-state index contributed by atoms with van der Waals surface area (Å²) in [6.45, 7) is 0.286. The van der Waals surface area contributed by atoms with Gasteiger partial charge in [0.15, 0.2) is 5.69 Å². The number of amides is 1. The number of ether oxygens (including phenoxy) is 4. The first-order chi connectivity index (χ1) is 31.4. The van der Waals surface area contributed by atoms with Crippen LogP contribution in [0.4, 0.5) is 22.0 Å². The molecular weight excluding hydrogens is 854 g/mol. The summed E-state index contributed by atoms with van der Waals surface area (Å²) in [5.41, 5.74) is -0.319. The smallest absolute Gasteiger partial charge is 0.433 e. The molecule has 1 N–H and O–H groups in total. The number of benzene rings is 4. The van der Waals surface area contributed by atoms with Crippen LogP contribution in [-0.4, -0.2) is 54.8 Å². The summed E-state index contributed by atoms with van der Waals surface area (Å²) in [5, 5.41) is 16.3. The summed E-state index contributed by atoms with van der Waals surface area (Å²) in [7, 11) is 0. The van der Waals surface area contributed by atoms with Crippen molar-refractivity contribution in [3.8, 4) is 17.8 Å². The second-order valence-electron chi connectivity index (χ2n) is 15.4. The maximum atomic E-state index is 15.1. The summed E-state index contributed by atoms with van der Waals surface area (Å²) in [4.78, 5) is 36.8. The number of carbonyl (C=O) groups is 2. The summed E-state index contributed by atoms with van der Waals surface area (Å²) < 4.78 is 98.9. The zero-order valence-electron chi connectivity index (χ0n) is 35.3. The number of nitrogens with zero attached hydrogens (tertiary/aromatic N) is 5. The van der Waals surface area contributed by atoms with Crippen molar-refractivity contribution in [2.75, 3.05) is 13.2 Å². The second kappa shape index (κ2) is 21.2. The molecule has 7 rings (SSSR count). The van der Waals surface area contributed by atoms with Crippen LogP contribution in [0.2, 0.25) is 0 Å². The Kier molecular flexibility index (Phi) is 15.0. The Balaban J connectivity index is 1.27. The van der Waals surface area contributed by atoms with Gasteiger partial charge in [0.2, 0.25) is 11.8 Å². The number of esters is 1. The van der Waals surface area contributed by atoms with Crippen LogP contribution in [0.5, 0.6) is 17.8 Å². The molecule has 65 heavy (non-hydrogen) atoms. The molecule has 2 aromatic heterocycles. The van der Waals surface area contributed by atoms with E-state index in [1.807, 2.05) is 42.5 Å². The predicted octanol–water partition coefficient (Wildman–Crippen LogP) is 9.38. The lowest BCUT2D eigenvalue weighted by Crippen LogP contribution is -2.36. The molecule has 1 atom stereocenters. The van der Waals surface area contributed by atoms with Gasteiger partial charge in [-0.25, -0.2) is 8.78 Å². The Labute approximate surface area is 371 Å². The van der Waals surface area contributed by atoms with Crippen molar-refractivity contribution in [1.29, 1.82) is 0 Å². The Morgan fingerprint density at radius 1 is 0.754 bits per heavy atom. The molecule has 0 radical (unpaired) electrons. The number of alkyl halides is 3. The van der Waals surface area contributed by atoms with Crippen molar-refractivity contribution in [2.24, 2.45) is 5.92 Å². The predicted molar refractivity (Wildman–Crippen MR) is 225 cm³/mol. The molecule has 1 fully saturated rings. The first-order valence-corrected chi connectivity index (χ1v) is 21.0. The van der Waals surface area contributed by atoms with E-state index >= 15 is 13.2 Å². The van der Waals surface area contributed by atoms with Crippen molar-refractivity contribution in [3.05, 3.63) is 166 Å². The van der Waals surface area contributed by atoms with E-state index in [0.29, 0.717) is 17.2 Å². The first kappa shape index (κ1) is 46.1. The van der Waals surface area contributed by atoms with Crippen LogP contribution in [0.25, 0.3) is 0 Å². The monoisotopic (exact) mass is 899 g/mol. The molecule has 17 heteroatoms. The molecule has 340 valence electrons. The zero-order valence-corrected chi connectivity index (χ0v) is 35.3. The van der Waals surface area contributed by atoms with E-state index in [0.717, 1.165) is 33.5 Å². The minimum Gasteiger partial charge on any atom is -0.472 e. The Morgan fingerprint density at radius 3 is 1.75 bits per heavy atom. The van der Waals surface area contributed by atoms with Gasteiger partial charge in [-0.1, -0.05) is 91.0 Å². The van der Waals surface area contributed by atoms with E-state index in [2.05, 4.69) is 15.1 Å². The van der Waals surface area contributed by atoms with Crippen LogP contribution in [0.1, 0.15) is 88.6 Å². The number of hydrogen-bond donors (Lipinski definition) is 1. The minimum atomic E-state index is -5.10. The molecule has 2 heterocycles. The quantitative estimate of drug-likeness (QED) is 0.0656. The van der Waals surface area contributed by atoms with Gasteiger partial charge in [0.25, 0.3) is 5.91 Å². The van der Waals surface area contributed by atoms with Gasteiger partial charge in [0, 0.05) is 12.6 Å². The second-order valence-corrected chi connectivity index (χ2v) is 15.4. The van der Waals surface area contributed by atoms with Crippen LogP contribution in [-0.2, 0) is 42.1 Å². The molecule has 1 saturated carbocycles. The highest BCUT2D eigenvalue weighted by atomic mass is 19.4. The lowest BCUT2D eigenvalue weighted by Gasteiger charge is -2.29. The SMILES string of the molecule is CCOC(=O)C1CCC(n2ncc(C(=O)N(Cc3cc(F)cc(F)c3)CC(O)c3c(OCc4ccccc4)nc(OCc4ccccc4)nc3OCc3ccccc3)c2C(F)(F)F)CC1. The number of aromatic nitrogens is 4. The van der Waals surface area contributed by atoms with Gasteiger partial charge in [-0.3, -0.25) is 14.3 Å². The van der Waals surface area contributed by atoms with E-state index in [1.54, 1.807) is 55.5 Å². The number of halogens is 5. The molecule has 1 aliphatic rings. The van der Waals surface area contributed by atoms with Gasteiger partial charge in [-0.15, -0.1) is 0 Å². The highest BCUT2D eigenvalue weighted by Crippen LogP contribution is 2.41. The number of aliphatic hydroxyl groups excluding tert-OH is 1. The topological polar surface area (TPSA) is 138 Å². The molecule has 0 bridgehead atoms. The standard InChI is InChI=1S/C48H46F5N5O7/c1-2-62-46(61)35-18-20-38(21-19-35)58-42(48(51,52)53)39(25-54-58)45(60)57(26-34-22-36(49)24-37(50)23-34)27-40(59)41-43(63-28-31-12-6-3-7-13-31)55-47(65-30-33-16-10-5-11-17-33)56-44(41)64-29-32-14-8-4-9-15-32/h3-17,22-25,35,38,40,59H,2,18-21,26-30H2,1H3. The largest absolute Gasteiger partial charge is 0.472 e. The molecule has 12 nitrogen and oxygen atoms in total. The number of aliphatic hydroxyl groups is 1. The maximum Gasteiger partial charge on any atom is 0.433 e. The normalized spacial score (nSPS) is 15.5. The van der Waals surface area contributed by atoms with Gasteiger partial charge >= 0.3 is 18.2 Å². The fourth-order valence-electron chi connectivity index (χ4n) is 7.66. The zero-order chi connectivity index (χ0) is 45.9. The maximum absolute atomic E-state index is 15.1. The molecule has 0 spiro atoms. The fraction of sp³-hybridized carbons (Fsp3) is 0.312. The third kappa shape index (κ3) is 12.0. The molecule has 1 amide bonds. The molecule has 1 unspecified atom stereocenters. The molecule has 0 aliphatic heterocycles. The minimum absolute atomic E-state index is 0.0352. The Hall–Kier alpha value is -6.88. The molecule has 4 aromatic carbocycles. The van der Waals surface area contributed by atoms with Gasteiger partial charge in [0.1, 0.15) is 43.1 Å². The van der Waals surface area contributed by atoms with E-state index in [9.17, 15) is 23.5 Å². The van der Waals surface area contributed by atoms with Gasteiger partial charge in [0.05, 0.1) is 36.9 Å². The van der Waals surface area contributed by atoms with E-state index < -0.39 is 72.1 Å². The number of hydrogen-bond acceptors (Lipinski definition) is 10. The summed E-state index contributed by atoms with van der Waals surface area (Å²) in [5.74, 6) is -4.62. The van der Waals surface area contributed by atoms with E-state index in [-0.39, 0.29) is 81.0 Å². The van der Waals surface area contributed by atoms with Crippen molar-refractivity contribution < 1.29 is 55.6 Å². The van der Waals surface area contributed by atoms with Gasteiger partial charge in [-0.2, -0.15) is 28.2 Å². The van der Waals surface area contributed by atoms with Crippen molar-refractivity contribution in [3.63, 3.8) is 0 Å². The highest BCUT2D eigenvalue weighted by molar-refractivity contribution is 5.95. The molecular formula is C48H46F5N5O7. The molecule has 1 aliphatic carbocycles. The average molecular weight is 900 g/mol.